The van der Waals surface area contributed by atoms with Crippen LogP contribution in [0.5, 0.6) is 11.9 Å². The van der Waals surface area contributed by atoms with Crippen LogP contribution in [-0.4, -0.2) is 87.8 Å². The van der Waals surface area contributed by atoms with E-state index in [0.29, 0.717) is 28.5 Å². The van der Waals surface area contributed by atoms with Gasteiger partial charge in [-0.25, -0.2) is 18.7 Å². The number of nitrogens with one attached hydrogen (secondary N) is 1. The first kappa shape index (κ1) is 42.8. The molecule has 5 aromatic rings. The van der Waals surface area contributed by atoms with Crippen molar-refractivity contribution in [2.75, 3.05) is 51.3 Å². The van der Waals surface area contributed by atoms with Crippen LogP contribution in [0, 0.1) is 18.6 Å². The lowest BCUT2D eigenvalue weighted by atomic mass is 9.90. The van der Waals surface area contributed by atoms with Crippen LogP contribution in [-0.2, 0) is 6.18 Å². The van der Waals surface area contributed by atoms with E-state index in [1.165, 1.54) is 32.1 Å². The number of nitrogens with zero attached hydrogens (tertiary/aromatic N) is 7. The first-order valence-electron chi connectivity index (χ1n) is 19.9. The molecule has 58 heavy (non-hydrogen) atoms. The van der Waals surface area contributed by atoms with E-state index in [-0.39, 0.29) is 53.8 Å². The molecule has 0 radical (unpaired) electrons. The van der Waals surface area contributed by atoms with Gasteiger partial charge in [-0.1, -0.05) is 52.5 Å². The minimum atomic E-state index is -4.52. The maximum Gasteiger partial charge on any atom is 0.451 e. The van der Waals surface area contributed by atoms with Crippen molar-refractivity contribution in [1.82, 2.24) is 35.1 Å². The molecule has 312 valence electrons. The van der Waals surface area contributed by atoms with Gasteiger partial charge in [0, 0.05) is 43.5 Å². The molecule has 3 fully saturated rings. The van der Waals surface area contributed by atoms with Crippen molar-refractivity contribution >= 4 is 27.5 Å². The van der Waals surface area contributed by atoms with Crippen LogP contribution < -0.4 is 19.7 Å². The minimum Gasteiger partial charge on any atom is -0.481 e. The van der Waals surface area contributed by atoms with Gasteiger partial charge in [-0.3, -0.25) is 4.90 Å². The van der Waals surface area contributed by atoms with Gasteiger partial charge in [0.15, 0.2) is 5.82 Å². The monoisotopic (exact) mass is 808 g/mol. The van der Waals surface area contributed by atoms with E-state index in [0.717, 1.165) is 81.5 Å². The van der Waals surface area contributed by atoms with Gasteiger partial charge in [-0.2, -0.15) is 28.1 Å². The molecule has 0 spiro atoms. The molecular weight excluding hydrogens is 756 g/mol. The molecule has 4 aliphatic heterocycles. The van der Waals surface area contributed by atoms with Gasteiger partial charge in [0.25, 0.3) is 0 Å². The zero-order chi connectivity index (χ0) is 40.5. The Balaban J connectivity index is 0.000000325. The molecule has 3 saturated heterocycles. The zero-order valence-electron chi connectivity index (χ0n) is 33.0. The highest BCUT2D eigenvalue weighted by molar-refractivity contribution is 6.01. The second-order valence-corrected chi connectivity index (χ2v) is 14.9. The van der Waals surface area contributed by atoms with Gasteiger partial charge in [-0.05, 0) is 86.9 Å². The molecular formula is C43H53F5N8O2. The maximum atomic E-state index is 17.0. The molecule has 1 unspecified atom stereocenters. The number of ether oxygens (including phenoxy) is 2. The van der Waals surface area contributed by atoms with Crippen molar-refractivity contribution in [3.8, 4) is 23.1 Å². The Morgan fingerprint density at radius 1 is 0.931 bits per heavy atom. The third kappa shape index (κ3) is 8.12. The number of aromatic nitrogens is 5. The molecule has 0 aliphatic carbocycles. The molecule has 2 aromatic carbocycles. The summed E-state index contributed by atoms with van der Waals surface area (Å²) in [5.74, 6) is -1.33. The smallest absolute Gasteiger partial charge is 0.451 e. The molecule has 7 heterocycles. The molecule has 4 aliphatic rings. The Morgan fingerprint density at radius 3 is 2.41 bits per heavy atom. The number of pyridine rings is 1. The summed E-state index contributed by atoms with van der Waals surface area (Å²) >= 11 is 0. The van der Waals surface area contributed by atoms with Crippen LogP contribution in [0.4, 0.5) is 27.8 Å². The highest BCUT2D eigenvalue weighted by atomic mass is 19.4. The van der Waals surface area contributed by atoms with E-state index in [2.05, 4.69) is 36.7 Å². The highest BCUT2D eigenvalue weighted by Crippen LogP contribution is 2.44. The molecule has 1 N–H and O–H groups in total. The van der Waals surface area contributed by atoms with Crippen LogP contribution >= 0.6 is 0 Å². The van der Waals surface area contributed by atoms with E-state index in [1.807, 2.05) is 32.0 Å². The lowest BCUT2D eigenvalue weighted by molar-refractivity contribution is -0.145. The molecule has 10 nitrogen and oxygen atoms in total. The van der Waals surface area contributed by atoms with E-state index in [9.17, 15) is 17.6 Å². The summed E-state index contributed by atoms with van der Waals surface area (Å²) in [6, 6.07) is 10.6. The molecule has 0 bridgehead atoms. The second kappa shape index (κ2) is 17.6. The highest BCUT2D eigenvalue weighted by Gasteiger charge is 2.45. The fraction of sp³-hybridized carbons (Fsp3) is 0.512. The second-order valence-electron chi connectivity index (χ2n) is 14.9. The summed E-state index contributed by atoms with van der Waals surface area (Å²) in [5, 5.41) is 5.73. The minimum absolute atomic E-state index is 0. The number of rotatable bonds is 5. The molecule has 0 amide bonds. The van der Waals surface area contributed by atoms with Crippen LogP contribution in [0.1, 0.15) is 89.7 Å². The standard InChI is InChI=1S/C34H38F2N6O.C6H5F3N2O.C2H6.CH4/c1-20-8-10-23-18-37-14-17-42(23)32-27-29(20)38-30(24-7-3-6-22-9-11-25(35)21(2)26(22)24)28(36)31(27)39-33(40-32)43-19-34-12-4-15-41(34)16-5-13-34;1-12-4-2-3-10-5(11-4)6(7,8)9;1-2;/h3,6-7,9,11,20,23,37H,4-5,8,10,12-19H2,1-2H3;2-3H,1H3;1-2H3;1H4/t20?,23-;;;/m1.../s1. The lowest BCUT2D eigenvalue weighted by Gasteiger charge is -2.40. The quantitative estimate of drug-likeness (QED) is 0.173. The van der Waals surface area contributed by atoms with Crippen molar-refractivity contribution in [3.63, 3.8) is 0 Å². The number of piperazine rings is 1. The summed E-state index contributed by atoms with van der Waals surface area (Å²) < 4.78 is 78.6. The Hall–Kier alpha value is -4.76. The summed E-state index contributed by atoms with van der Waals surface area (Å²) in [4.78, 5) is 25.9. The number of hydrogen-bond acceptors (Lipinski definition) is 10. The molecule has 2 atom stereocenters. The first-order valence-corrected chi connectivity index (χ1v) is 19.9. The van der Waals surface area contributed by atoms with Crippen molar-refractivity contribution in [2.24, 2.45) is 0 Å². The molecule has 15 heteroatoms. The maximum absolute atomic E-state index is 17.0. The summed E-state index contributed by atoms with van der Waals surface area (Å²) in [6.07, 6.45) is 2.92. The normalized spacial score (nSPS) is 19.7. The van der Waals surface area contributed by atoms with E-state index >= 15 is 4.39 Å². The molecule has 0 saturated carbocycles. The van der Waals surface area contributed by atoms with Crippen molar-refractivity contribution < 1.29 is 31.4 Å². The Bertz CT molecular complexity index is 2230. The Morgan fingerprint density at radius 2 is 1.69 bits per heavy atom. The van der Waals surface area contributed by atoms with Gasteiger partial charge in [0.2, 0.25) is 11.7 Å². The topological polar surface area (TPSA) is 101 Å². The SMILES string of the molecule is C.CC.COc1ccnc(C(F)(F)F)n1.Cc1c(F)ccc2cccc(-c3nc4c5c(nc(OCC67CCCN6CCC7)nc5c3F)N3CCNC[C@H]3CCC4C)c12. The predicted octanol–water partition coefficient (Wildman–Crippen LogP) is 9.28. The van der Waals surface area contributed by atoms with E-state index in [4.69, 9.17) is 19.7 Å². The Labute approximate surface area is 336 Å². The van der Waals surface area contributed by atoms with E-state index in [1.54, 1.807) is 13.0 Å². The van der Waals surface area contributed by atoms with Crippen LogP contribution in [0.3, 0.4) is 0 Å². The number of benzene rings is 2. The third-order valence-electron chi connectivity index (χ3n) is 11.7. The predicted molar refractivity (Wildman–Crippen MR) is 217 cm³/mol. The number of anilines is 1. The van der Waals surface area contributed by atoms with Gasteiger partial charge >= 0.3 is 12.2 Å². The van der Waals surface area contributed by atoms with Crippen molar-refractivity contribution in [2.45, 2.75) is 97.3 Å². The van der Waals surface area contributed by atoms with Crippen molar-refractivity contribution in [3.05, 3.63) is 71.3 Å². The van der Waals surface area contributed by atoms with Gasteiger partial charge < -0.3 is 19.7 Å². The molecule has 9 rings (SSSR count). The van der Waals surface area contributed by atoms with Gasteiger partial charge in [0.1, 0.15) is 29.5 Å². The summed E-state index contributed by atoms with van der Waals surface area (Å²) in [6.45, 7) is 13.1. The van der Waals surface area contributed by atoms with Gasteiger partial charge in [-0.15, -0.1) is 0 Å². The number of fused-ring (bicyclic) bond motifs is 4. The average molecular weight is 809 g/mol. The summed E-state index contributed by atoms with van der Waals surface area (Å²) in [7, 11) is 1.24. The van der Waals surface area contributed by atoms with E-state index < -0.39 is 17.8 Å². The molecule has 3 aromatic heterocycles. The number of aryl methyl sites for hydroxylation is 1. The summed E-state index contributed by atoms with van der Waals surface area (Å²) in [5.41, 5.74) is 2.33. The van der Waals surface area contributed by atoms with Crippen molar-refractivity contribution in [1.29, 1.82) is 0 Å². The number of hydrogen-bond donors (Lipinski definition) is 1. The fourth-order valence-corrected chi connectivity index (χ4v) is 8.83. The third-order valence-corrected chi connectivity index (χ3v) is 11.7. The average Bonchev–Trinajstić information content (AvgIpc) is 3.82. The lowest BCUT2D eigenvalue weighted by Crippen LogP contribution is -2.52. The largest absolute Gasteiger partial charge is 0.481 e. The number of alkyl halides is 3. The first-order chi connectivity index (χ1) is 27.5. The number of halogens is 5. The number of methoxy groups -OCH3 is 1. The van der Waals surface area contributed by atoms with Crippen LogP contribution in [0.2, 0.25) is 0 Å². The van der Waals surface area contributed by atoms with Gasteiger partial charge in [0.05, 0.1) is 23.7 Å². The van der Waals surface area contributed by atoms with Crippen LogP contribution in [0.15, 0.2) is 42.6 Å². The van der Waals surface area contributed by atoms with Crippen LogP contribution in [0.25, 0.3) is 32.9 Å². The fourth-order valence-electron chi connectivity index (χ4n) is 8.83. The Kier molecular flexibility index (Phi) is 13.0. The zero-order valence-corrected chi connectivity index (χ0v) is 33.0.